The third-order valence-electron chi connectivity index (χ3n) is 8.35. The molecule has 1 heterocycles. The van der Waals surface area contributed by atoms with Crippen LogP contribution in [-0.2, 0) is 21.7 Å². The summed E-state index contributed by atoms with van der Waals surface area (Å²) in [7, 11) is -1.51. The van der Waals surface area contributed by atoms with Gasteiger partial charge >= 0.3 is 0 Å². The van der Waals surface area contributed by atoms with E-state index in [0.29, 0.717) is 0 Å². The van der Waals surface area contributed by atoms with Gasteiger partial charge in [0, 0.05) is 21.9 Å². The third kappa shape index (κ3) is 6.23. The van der Waals surface area contributed by atoms with E-state index in [-0.39, 0.29) is 21.7 Å². The summed E-state index contributed by atoms with van der Waals surface area (Å²) in [5, 5.41) is 3.35. The minimum atomic E-state index is -1.51. The molecule has 0 atom stereocenters. The zero-order valence-electron chi connectivity index (χ0n) is 28.3. The molecule has 0 unspecified atom stereocenters. The molecule has 5 aromatic rings. The summed E-state index contributed by atoms with van der Waals surface area (Å²) in [4.78, 5) is 0. The van der Waals surface area contributed by atoms with E-state index in [1.807, 2.05) is 0 Å². The molecule has 2 nitrogen and oxygen atoms in total. The van der Waals surface area contributed by atoms with Crippen molar-refractivity contribution < 1.29 is 8.39 Å². The molecule has 4 aromatic carbocycles. The van der Waals surface area contributed by atoms with Gasteiger partial charge in [0.15, 0.2) is 0 Å². The lowest BCUT2D eigenvalue weighted by atomic mass is 9.77. The van der Waals surface area contributed by atoms with Crippen molar-refractivity contribution >= 4 is 30.0 Å². The number of hydrogen-bond donors (Lipinski definition) is 0. The normalized spacial score (nSPS) is 13.1. The fraction of sp³-hybridized carbons (Fsp3) is 0.400. The first-order valence-corrected chi connectivity index (χ1v) is 16.7. The molecule has 0 saturated carbocycles. The van der Waals surface area contributed by atoms with Crippen LogP contribution in [0.15, 0.2) is 87.3 Å². The van der Waals surface area contributed by atoms with Crippen LogP contribution in [0.4, 0.5) is 0 Å². The first kappa shape index (κ1) is 31.2. The third-order valence-corrected chi connectivity index (χ3v) is 9.83. The summed E-state index contributed by atoms with van der Waals surface area (Å²) in [5.41, 5.74) is 8.92. The SMILES string of the molecule is CC(C)(C)c1cc(C(C)(C)C)c2op(-c3ccccc3-c3ccccc3)oc3c(C(C)(C)C)cc(C(C)(C)C)cc3c2c1. The van der Waals surface area contributed by atoms with E-state index in [1.54, 1.807) is 0 Å². The highest BCUT2D eigenvalue weighted by Crippen LogP contribution is 2.51. The van der Waals surface area contributed by atoms with Gasteiger partial charge in [-0.1, -0.05) is 144 Å². The van der Waals surface area contributed by atoms with E-state index >= 15 is 0 Å². The molecule has 43 heavy (non-hydrogen) atoms. The van der Waals surface area contributed by atoms with E-state index in [1.165, 1.54) is 22.3 Å². The highest BCUT2D eigenvalue weighted by Gasteiger charge is 2.29. The van der Waals surface area contributed by atoms with Gasteiger partial charge < -0.3 is 8.39 Å². The second-order valence-corrected chi connectivity index (χ2v) is 17.5. The average Bonchev–Trinajstić information content (AvgIpc) is 3.07. The topological polar surface area (TPSA) is 26.3 Å². The van der Waals surface area contributed by atoms with E-state index in [2.05, 4.69) is 162 Å². The van der Waals surface area contributed by atoms with Crippen LogP contribution in [0.5, 0.6) is 0 Å². The van der Waals surface area contributed by atoms with E-state index in [9.17, 15) is 0 Å². The molecule has 0 N–H and O–H groups in total. The van der Waals surface area contributed by atoms with Crippen LogP contribution in [0.25, 0.3) is 38.4 Å². The second kappa shape index (κ2) is 10.7. The predicted octanol–water partition coefficient (Wildman–Crippen LogP) is 13.1. The van der Waals surface area contributed by atoms with Crippen molar-refractivity contribution in [3.63, 3.8) is 0 Å². The van der Waals surface area contributed by atoms with Crippen molar-refractivity contribution in [1.29, 1.82) is 0 Å². The standard InChI is InChI=1S/C40H49O2P/c1-37(2,3)27-22-30-31-23-28(38(4,5)6)25-33(40(10,11)12)36(31)42-43(41-35(30)32(24-27)39(7,8)9)34-21-17-16-20-29(34)26-18-14-13-15-19-26/h13-25H,1-12H3. The van der Waals surface area contributed by atoms with Crippen LogP contribution in [0.1, 0.15) is 105 Å². The van der Waals surface area contributed by atoms with E-state index in [0.717, 1.165) is 38.4 Å². The Kier molecular flexibility index (Phi) is 7.80. The molecule has 226 valence electrons. The number of fused-ring (bicyclic) bond motifs is 3. The van der Waals surface area contributed by atoms with Crippen molar-refractivity contribution in [3.05, 3.63) is 101 Å². The lowest BCUT2D eigenvalue weighted by molar-refractivity contribution is 0.557. The quantitative estimate of drug-likeness (QED) is 0.204. The van der Waals surface area contributed by atoms with Crippen LogP contribution >= 0.6 is 8.01 Å². The maximum Gasteiger partial charge on any atom is 0.253 e. The molecule has 3 heteroatoms. The Morgan fingerprint density at radius 1 is 0.465 bits per heavy atom. The van der Waals surface area contributed by atoms with Gasteiger partial charge in [0.05, 0.1) is 5.30 Å². The lowest BCUT2D eigenvalue weighted by Gasteiger charge is -2.27. The van der Waals surface area contributed by atoms with Crippen molar-refractivity contribution in [1.82, 2.24) is 0 Å². The summed E-state index contributed by atoms with van der Waals surface area (Å²) in [6.07, 6.45) is 0. The van der Waals surface area contributed by atoms with Crippen molar-refractivity contribution in [2.24, 2.45) is 0 Å². The van der Waals surface area contributed by atoms with E-state index < -0.39 is 8.01 Å². The van der Waals surface area contributed by atoms with Gasteiger partial charge in [-0.15, -0.1) is 0 Å². The van der Waals surface area contributed by atoms with Crippen molar-refractivity contribution in [2.45, 2.75) is 105 Å². The van der Waals surface area contributed by atoms with Crippen LogP contribution in [0.3, 0.4) is 0 Å². The molecule has 0 aliphatic heterocycles. The highest BCUT2D eigenvalue weighted by molar-refractivity contribution is 7.46. The van der Waals surface area contributed by atoms with Gasteiger partial charge in [-0.3, -0.25) is 0 Å². The summed E-state index contributed by atoms with van der Waals surface area (Å²) >= 11 is 0. The maximum atomic E-state index is 7.25. The van der Waals surface area contributed by atoms with Crippen LogP contribution in [0.2, 0.25) is 0 Å². The maximum absolute atomic E-state index is 7.25. The Hall–Kier alpha value is -3.22. The Labute approximate surface area is 260 Å². The molecule has 0 aliphatic rings. The molecule has 0 fully saturated rings. The smallest absolute Gasteiger partial charge is 0.253 e. The van der Waals surface area contributed by atoms with E-state index in [4.69, 9.17) is 8.39 Å². The van der Waals surface area contributed by atoms with Gasteiger partial charge in [-0.25, -0.2) is 0 Å². The zero-order valence-corrected chi connectivity index (χ0v) is 29.2. The van der Waals surface area contributed by atoms with Crippen molar-refractivity contribution in [2.75, 3.05) is 0 Å². The fourth-order valence-corrected chi connectivity index (χ4v) is 7.18. The molecule has 0 aliphatic carbocycles. The molecule has 0 radical (unpaired) electrons. The number of benzene rings is 4. The Balaban J connectivity index is 2.09. The van der Waals surface area contributed by atoms with Gasteiger partial charge in [-0.2, -0.15) is 0 Å². The van der Waals surface area contributed by atoms with Gasteiger partial charge in [0.1, 0.15) is 11.2 Å². The van der Waals surface area contributed by atoms with Crippen LogP contribution in [-0.4, -0.2) is 0 Å². The number of rotatable bonds is 2. The lowest BCUT2D eigenvalue weighted by Crippen LogP contribution is -2.17. The summed E-state index contributed by atoms with van der Waals surface area (Å²) < 4.78 is 14.5. The second-order valence-electron chi connectivity index (χ2n) is 16.1. The van der Waals surface area contributed by atoms with Gasteiger partial charge in [-0.05, 0) is 62.1 Å². The Bertz CT molecular complexity index is 1740. The minimum absolute atomic E-state index is 0.0263. The van der Waals surface area contributed by atoms with Crippen LogP contribution in [0, 0.1) is 0 Å². The summed E-state index contributed by atoms with van der Waals surface area (Å²) in [6.45, 7) is 27.5. The Morgan fingerprint density at radius 2 is 0.884 bits per heavy atom. The minimum Gasteiger partial charge on any atom is -0.415 e. The first-order chi connectivity index (χ1) is 19.9. The monoisotopic (exact) mass is 592 g/mol. The molecule has 0 amide bonds. The fourth-order valence-electron chi connectivity index (χ4n) is 5.61. The highest BCUT2D eigenvalue weighted by atomic mass is 31.1. The molecule has 0 spiro atoms. The first-order valence-electron chi connectivity index (χ1n) is 15.5. The number of hydrogen-bond acceptors (Lipinski definition) is 2. The summed E-state index contributed by atoms with van der Waals surface area (Å²) in [6, 6.07) is 28.6. The average molecular weight is 593 g/mol. The van der Waals surface area contributed by atoms with Gasteiger partial charge in [0.25, 0.3) is 8.01 Å². The van der Waals surface area contributed by atoms with Crippen molar-refractivity contribution in [3.8, 4) is 16.4 Å². The molecule has 0 saturated heterocycles. The zero-order chi connectivity index (χ0) is 31.5. The largest absolute Gasteiger partial charge is 0.415 e. The molecule has 5 rings (SSSR count). The Morgan fingerprint density at radius 3 is 1.30 bits per heavy atom. The van der Waals surface area contributed by atoms with Crippen LogP contribution < -0.4 is 0 Å². The molecule has 0 bridgehead atoms. The molecule has 1 aromatic heterocycles. The van der Waals surface area contributed by atoms with Gasteiger partial charge in [0.2, 0.25) is 0 Å². The molecular formula is C40H49O2P. The predicted molar refractivity (Wildman–Crippen MR) is 188 cm³/mol. The molecular weight excluding hydrogens is 543 g/mol. The summed E-state index contributed by atoms with van der Waals surface area (Å²) in [5.74, 6) is 0.